The van der Waals surface area contributed by atoms with Crippen LogP contribution in [0, 0.1) is 0 Å². The summed E-state index contributed by atoms with van der Waals surface area (Å²) in [5.74, 6) is -3.38. The average Bonchev–Trinajstić information content (AvgIpc) is 3.31. The fraction of sp³-hybridized carbons (Fsp3) is 0.346. The fourth-order valence-corrected chi connectivity index (χ4v) is 3.85. The molecule has 2 unspecified atom stereocenters. The van der Waals surface area contributed by atoms with Gasteiger partial charge in [-0.15, -0.1) is 0 Å². The van der Waals surface area contributed by atoms with Crippen LogP contribution in [0.1, 0.15) is 22.8 Å². The van der Waals surface area contributed by atoms with Crippen molar-refractivity contribution in [1.29, 1.82) is 0 Å². The van der Waals surface area contributed by atoms with Crippen LogP contribution in [-0.4, -0.2) is 93.5 Å². The maximum atomic E-state index is 12.9. The monoisotopic (exact) mass is 531 g/mol. The smallest absolute Gasteiger partial charge is 0.342 e. The molecule has 4 rings (SSSR count). The van der Waals surface area contributed by atoms with Crippen LogP contribution in [0.3, 0.4) is 0 Å². The summed E-state index contributed by atoms with van der Waals surface area (Å²) < 4.78 is 16.8. The van der Waals surface area contributed by atoms with Gasteiger partial charge in [0.25, 0.3) is 0 Å². The van der Waals surface area contributed by atoms with Gasteiger partial charge in [0.1, 0.15) is 22.7 Å². The quantitative estimate of drug-likeness (QED) is 0.265. The van der Waals surface area contributed by atoms with E-state index < -0.39 is 30.1 Å². The molecule has 12 nitrogen and oxygen atoms in total. The Morgan fingerprint density at radius 3 is 2.13 bits per heavy atom. The fourth-order valence-electron chi connectivity index (χ4n) is 3.85. The molecule has 2 heterocycles. The van der Waals surface area contributed by atoms with Gasteiger partial charge in [0.15, 0.2) is 12.2 Å². The van der Waals surface area contributed by atoms with Crippen LogP contribution in [0.2, 0.25) is 0 Å². The minimum atomic E-state index is -2.27. The zero-order valence-corrected chi connectivity index (χ0v) is 20.6. The number of benzene rings is 2. The van der Waals surface area contributed by atoms with E-state index in [1.165, 1.54) is 0 Å². The Morgan fingerprint density at radius 2 is 1.58 bits per heavy atom. The Bertz CT molecular complexity index is 1250. The van der Waals surface area contributed by atoms with Gasteiger partial charge in [0, 0.05) is 36.1 Å². The number of carboxylic acids is 2. The molecule has 0 radical (unpaired) electrons. The van der Waals surface area contributed by atoms with E-state index in [-0.39, 0.29) is 12.4 Å². The first kappa shape index (κ1) is 28.6. The van der Waals surface area contributed by atoms with Crippen molar-refractivity contribution < 1.29 is 53.8 Å². The van der Waals surface area contributed by atoms with Crippen LogP contribution < -0.4 is 0 Å². The van der Waals surface area contributed by atoms with Gasteiger partial charge in [-0.3, -0.25) is 4.90 Å². The summed E-state index contributed by atoms with van der Waals surface area (Å²) in [5.41, 5.74) is 2.39. The average molecular weight is 532 g/mol. The highest BCUT2D eigenvalue weighted by Gasteiger charge is 2.29. The molecular weight excluding hydrogens is 502 g/mol. The number of nitrogens with zero attached hydrogens (tertiary/aromatic N) is 1. The number of phenolic OH excluding ortho intramolecular Hbond substituents is 1. The second-order valence-electron chi connectivity index (χ2n) is 8.28. The lowest BCUT2D eigenvalue weighted by Crippen LogP contribution is -2.39. The zero-order chi connectivity index (χ0) is 27.8. The van der Waals surface area contributed by atoms with E-state index in [2.05, 4.69) is 4.90 Å². The van der Waals surface area contributed by atoms with E-state index in [4.69, 9.17) is 34.3 Å². The highest BCUT2D eigenvalue weighted by atomic mass is 16.5. The number of rotatable bonds is 8. The number of hydrogen-bond acceptors (Lipinski definition) is 10. The molecule has 1 aliphatic heterocycles. The van der Waals surface area contributed by atoms with Crippen LogP contribution in [0.4, 0.5) is 0 Å². The van der Waals surface area contributed by atoms with Crippen molar-refractivity contribution in [3.05, 3.63) is 53.6 Å². The van der Waals surface area contributed by atoms with Crippen LogP contribution in [-0.2, 0) is 25.6 Å². The van der Waals surface area contributed by atoms with Crippen molar-refractivity contribution in [3.8, 4) is 17.1 Å². The van der Waals surface area contributed by atoms with E-state index in [1.807, 2.05) is 30.3 Å². The molecule has 0 amide bonds. The lowest BCUT2D eigenvalue weighted by molar-refractivity contribution is -0.165. The number of carbonyl (C=O) groups is 3. The number of carbonyl (C=O) groups excluding carboxylic acids is 1. The standard InChI is InChI=1S/C22H23NO5.C4H6O6/c1-2-27-22(25)20-19-16(14-23-10-12-26-13-11-23)17(24)8-9-18(19)28-21(20)15-6-4-3-5-7-15;5-1(3(7)8)2(6)4(9)10/h3-9,24H,2,10-14H2,1H3;1-2,5-6H,(H,7,8)(H,9,10). The van der Waals surface area contributed by atoms with Crippen LogP contribution in [0.15, 0.2) is 46.9 Å². The Kier molecular flexibility index (Phi) is 9.79. The van der Waals surface area contributed by atoms with Gasteiger partial charge in [-0.1, -0.05) is 30.3 Å². The van der Waals surface area contributed by atoms with Crippen LogP contribution in [0.25, 0.3) is 22.3 Å². The zero-order valence-electron chi connectivity index (χ0n) is 20.6. The molecule has 1 fully saturated rings. The Hall–Kier alpha value is -3.97. The van der Waals surface area contributed by atoms with Gasteiger partial charge in [-0.2, -0.15) is 0 Å². The second kappa shape index (κ2) is 13.0. The molecule has 1 aromatic heterocycles. The predicted molar refractivity (Wildman–Crippen MR) is 133 cm³/mol. The number of hydrogen-bond donors (Lipinski definition) is 5. The number of esters is 1. The van der Waals surface area contributed by atoms with E-state index >= 15 is 0 Å². The summed E-state index contributed by atoms with van der Waals surface area (Å²) in [4.78, 5) is 34.6. The second-order valence-corrected chi connectivity index (χ2v) is 8.28. The van der Waals surface area contributed by atoms with Crippen LogP contribution in [0.5, 0.6) is 5.75 Å². The molecule has 0 aliphatic carbocycles. The van der Waals surface area contributed by atoms with Crippen molar-refractivity contribution >= 4 is 28.9 Å². The van der Waals surface area contributed by atoms with Gasteiger partial charge < -0.3 is 39.4 Å². The number of phenols is 1. The number of aliphatic hydroxyl groups is 2. The molecule has 5 N–H and O–H groups in total. The van der Waals surface area contributed by atoms with Gasteiger partial charge in [-0.25, -0.2) is 14.4 Å². The number of aromatic hydroxyl groups is 1. The summed E-state index contributed by atoms with van der Waals surface area (Å²) in [6.07, 6.45) is -4.53. The van der Waals surface area contributed by atoms with Gasteiger partial charge >= 0.3 is 17.9 Å². The summed E-state index contributed by atoms with van der Waals surface area (Å²) in [7, 11) is 0. The Labute approximate surface area is 217 Å². The van der Waals surface area contributed by atoms with Gasteiger partial charge in [0.2, 0.25) is 0 Å². The highest BCUT2D eigenvalue weighted by Crippen LogP contribution is 2.39. The number of aliphatic carboxylic acids is 2. The largest absolute Gasteiger partial charge is 0.508 e. The molecule has 0 bridgehead atoms. The van der Waals surface area contributed by atoms with Crippen molar-refractivity contribution in [2.45, 2.75) is 25.7 Å². The molecular formula is C26H29NO11. The molecule has 0 spiro atoms. The van der Waals surface area contributed by atoms with Crippen molar-refractivity contribution in [1.82, 2.24) is 4.90 Å². The molecule has 0 saturated carbocycles. The maximum Gasteiger partial charge on any atom is 0.342 e. The number of aliphatic hydroxyl groups excluding tert-OH is 2. The lowest BCUT2D eigenvalue weighted by Gasteiger charge is -2.27. The van der Waals surface area contributed by atoms with Crippen LogP contribution >= 0.6 is 0 Å². The third-order valence-electron chi connectivity index (χ3n) is 5.75. The molecule has 12 heteroatoms. The van der Waals surface area contributed by atoms with E-state index in [9.17, 15) is 19.5 Å². The summed E-state index contributed by atoms with van der Waals surface area (Å²) in [6, 6.07) is 12.8. The molecule has 1 aliphatic rings. The minimum Gasteiger partial charge on any atom is -0.508 e. The SMILES string of the molecule is CCOC(=O)c1c(-c2ccccc2)oc2ccc(O)c(CN3CCOCC3)c12.O=C(O)C(O)C(O)C(=O)O. The molecule has 38 heavy (non-hydrogen) atoms. The first-order chi connectivity index (χ1) is 18.1. The third kappa shape index (κ3) is 6.66. The van der Waals surface area contributed by atoms with E-state index in [0.717, 1.165) is 18.7 Å². The predicted octanol–water partition coefficient (Wildman–Crippen LogP) is 1.69. The van der Waals surface area contributed by atoms with Crippen molar-refractivity contribution in [2.75, 3.05) is 32.9 Å². The number of fused-ring (bicyclic) bond motifs is 1. The first-order valence-electron chi connectivity index (χ1n) is 11.8. The van der Waals surface area contributed by atoms with E-state index in [0.29, 0.717) is 47.6 Å². The molecule has 204 valence electrons. The summed E-state index contributed by atoms with van der Waals surface area (Å²) >= 11 is 0. The minimum absolute atomic E-state index is 0.143. The molecule has 3 aromatic rings. The first-order valence-corrected chi connectivity index (χ1v) is 11.8. The molecule has 2 aromatic carbocycles. The maximum absolute atomic E-state index is 12.9. The number of carboxylic acid groups (broad SMARTS) is 2. The summed E-state index contributed by atoms with van der Waals surface area (Å²) in [5, 5.41) is 43.7. The number of morpholine rings is 1. The van der Waals surface area contributed by atoms with Gasteiger partial charge in [-0.05, 0) is 19.1 Å². The third-order valence-corrected chi connectivity index (χ3v) is 5.75. The van der Waals surface area contributed by atoms with Crippen molar-refractivity contribution in [3.63, 3.8) is 0 Å². The molecule has 1 saturated heterocycles. The number of furan rings is 1. The van der Waals surface area contributed by atoms with E-state index in [1.54, 1.807) is 19.1 Å². The van der Waals surface area contributed by atoms with Crippen molar-refractivity contribution in [2.24, 2.45) is 0 Å². The molecule has 2 atom stereocenters. The Morgan fingerprint density at radius 1 is 0.974 bits per heavy atom. The van der Waals surface area contributed by atoms with Gasteiger partial charge in [0.05, 0.1) is 19.8 Å². The lowest BCUT2D eigenvalue weighted by atomic mass is 10.0. The number of ether oxygens (including phenoxy) is 2. The topological polar surface area (TPSA) is 187 Å². The highest BCUT2D eigenvalue weighted by molar-refractivity contribution is 6.10. The Balaban J connectivity index is 0.000000342. The normalized spacial score (nSPS) is 15.2. The summed E-state index contributed by atoms with van der Waals surface area (Å²) in [6.45, 7) is 5.39.